The molecule has 0 aliphatic carbocycles. The summed E-state index contributed by atoms with van der Waals surface area (Å²) in [5, 5.41) is 2.67. The summed E-state index contributed by atoms with van der Waals surface area (Å²) in [6.45, 7) is 1.05. The average Bonchev–Trinajstić information content (AvgIpc) is 2.75. The van der Waals surface area contributed by atoms with E-state index in [1.807, 2.05) is 0 Å². The Morgan fingerprint density at radius 1 is 1.56 bits per heavy atom. The van der Waals surface area contributed by atoms with Crippen LogP contribution in [-0.2, 0) is 9.53 Å². The first-order chi connectivity index (χ1) is 7.66. The van der Waals surface area contributed by atoms with Crippen molar-refractivity contribution in [2.75, 3.05) is 24.3 Å². The van der Waals surface area contributed by atoms with Gasteiger partial charge in [-0.05, 0) is 24.6 Å². The number of hydrogen-bond donors (Lipinski definition) is 2. The number of anilines is 2. The topological polar surface area (TPSA) is 64.3 Å². The summed E-state index contributed by atoms with van der Waals surface area (Å²) in [4.78, 5) is 11.7. The number of nitrogens with one attached hydrogen (secondary N) is 1. The highest BCUT2D eigenvalue weighted by Gasteiger charge is 2.23. The highest BCUT2D eigenvalue weighted by atomic mass is 19.1. The standard InChI is InChI=1S/C11H13FN2O2/c12-8-1-2-10(9(13)5-8)14-11(15)7-3-4-16-6-7/h1-2,5,7H,3-4,6,13H2,(H,14,15). The third-order valence-corrected chi connectivity index (χ3v) is 2.57. The van der Waals surface area contributed by atoms with Crippen LogP contribution in [0.15, 0.2) is 18.2 Å². The van der Waals surface area contributed by atoms with E-state index >= 15 is 0 Å². The van der Waals surface area contributed by atoms with Crippen LogP contribution in [0.2, 0.25) is 0 Å². The molecule has 2 rings (SSSR count). The molecular formula is C11H13FN2O2. The van der Waals surface area contributed by atoms with Crippen LogP contribution in [0, 0.1) is 11.7 Å². The third-order valence-electron chi connectivity index (χ3n) is 2.57. The van der Waals surface area contributed by atoms with Crippen LogP contribution in [0.4, 0.5) is 15.8 Å². The van der Waals surface area contributed by atoms with Gasteiger partial charge in [0, 0.05) is 6.61 Å². The summed E-state index contributed by atoms with van der Waals surface area (Å²) in [6, 6.07) is 3.90. The van der Waals surface area contributed by atoms with E-state index in [0.29, 0.717) is 25.3 Å². The summed E-state index contributed by atoms with van der Waals surface area (Å²) in [7, 11) is 0. The van der Waals surface area contributed by atoms with E-state index in [2.05, 4.69) is 5.32 Å². The fraction of sp³-hybridized carbons (Fsp3) is 0.364. The van der Waals surface area contributed by atoms with Crippen molar-refractivity contribution < 1.29 is 13.9 Å². The lowest BCUT2D eigenvalue weighted by Crippen LogP contribution is -2.23. The Morgan fingerprint density at radius 2 is 2.38 bits per heavy atom. The molecule has 3 N–H and O–H groups in total. The molecule has 86 valence electrons. The van der Waals surface area contributed by atoms with Crippen LogP contribution >= 0.6 is 0 Å². The molecular weight excluding hydrogens is 211 g/mol. The Labute approximate surface area is 92.6 Å². The lowest BCUT2D eigenvalue weighted by molar-refractivity contribution is -0.119. The van der Waals surface area contributed by atoms with Crippen molar-refractivity contribution in [1.82, 2.24) is 0 Å². The van der Waals surface area contributed by atoms with E-state index in [1.54, 1.807) is 0 Å². The van der Waals surface area contributed by atoms with Crippen LogP contribution < -0.4 is 11.1 Å². The molecule has 1 aliphatic rings. The SMILES string of the molecule is Nc1cc(F)ccc1NC(=O)C1CCOC1. The van der Waals surface area contributed by atoms with Gasteiger partial charge in [0.05, 0.1) is 23.9 Å². The van der Waals surface area contributed by atoms with Crippen LogP contribution in [0.1, 0.15) is 6.42 Å². The molecule has 0 radical (unpaired) electrons. The molecule has 16 heavy (non-hydrogen) atoms. The number of rotatable bonds is 2. The van der Waals surface area contributed by atoms with Gasteiger partial charge in [-0.15, -0.1) is 0 Å². The van der Waals surface area contributed by atoms with Crippen molar-refractivity contribution in [2.24, 2.45) is 5.92 Å². The maximum Gasteiger partial charge on any atom is 0.229 e. The van der Waals surface area contributed by atoms with Gasteiger partial charge in [-0.1, -0.05) is 0 Å². The smallest absolute Gasteiger partial charge is 0.229 e. The number of benzene rings is 1. The molecule has 5 heteroatoms. The molecule has 1 unspecified atom stereocenters. The zero-order chi connectivity index (χ0) is 11.5. The van der Waals surface area contributed by atoms with Crippen molar-refractivity contribution in [1.29, 1.82) is 0 Å². The normalized spacial score (nSPS) is 19.7. The van der Waals surface area contributed by atoms with Gasteiger partial charge in [0.2, 0.25) is 5.91 Å². The fourth-order valence-electron chi connectivity index (χ4n) is 1.62. The predicted molar refractivity (Wildman–Crippen MR) is 58.4 cm³/mol. The molecule has 0 bridgehead atoms. The second-order valence-corrected chi connectivity index (χ2v) is 3.78. The molecule has 4 nitrogen and oxygen atoms in total. The molecule has 1 aromatic rings. The molecule has 0 saturated carbocycles. The minimum atomic E-state index is -0.417. The number of carbonyl (C=O) groups is 1. The highest BCUT2D eigenvalue weighted by molar-refractivity contribution is 5.95. The van der Waals surface area contributed by atoms with E-state index in [9.17, 15) is 9.18 Å². The van der Waals surface area contributed by atoms with Gasteiger partial charge in [-0.25, -0.2) is 4.39 Å². The number of hydrogen-bond acceptors (Lipinski definition) is 3. The van der Waals surface area contributed by atoms with Crippen molar-refractivity contribution in [3.63, 3.8) is 0 Å². The Kier molecular flexibility index (Phi) is 3.05. The Bertz CT molecular complexity index is 403. The molecule has 1 heterocycles. The minimum absolute atomic E-state index is 0.129. The molecule has 1 aliphatic heterocycles. The van der Waals surface area contributed by atoms with Gasteiger partial charge >= 0.3 is 0 Å². The van der Waals surface area contributed by atoms with Crippen LogP contribution in [0.5, 0.6) is 0 Å². The first-order valence-electron chi connectivity index (χ1n) is 5.10. The maximum absolute atomic E-state index is 12.8. The van der Waals surface area contributed by atoms with Gasteiger partial charge < -0.3 is 15.8 Å². The Balaban J connectivity index is 2.05. The van der Waals surface area contributed by atoms with Crippen LogP contribution in [0.3, 0.4) is 0 Å². The van der Waals surface area contributed by atoms with E-state index in [1.165, 1.54) is 18.2 Å². The summed E-state index contributed by atoms with van der Waals surface area (Å²) in [5.41, 5.74) is 6.25. The number of ether oxygens (including phenoxy) is 1. The van der Waals surface area contributed by atoms with Crippen molar-refractivity contribution in [3.8, 4) is 0 Å². The average molecular weight is 224 g/mol. The summed E-state index contributed by atoms with van der Waals surface area (Å²) >= 11 is 0. The molecule has 1 atom stereocenters. The second-order valence-electron chi connectivity index (χ2n) is 3.78. The van der Waals surface area contributed by atoms with E-state index in [4.69, 9.17) is 10.5 Å². The summed E-state index contributed by atoms with van der Waals surface area (Å²) in [6.07, 6.45) is 0.715. The predicted octanol–water partition coefficient (Wildman–Crippen LogP) is 1.38. The van der Waals surface area contributed by atoms with Crippen molar-refractivity contribution in [2.45, 2.75) is 6.42 Å². The summed E-state index contributed by atoms with van der Waals surface area (Å²) < 4.78 is 17.9. The number of nitrogens with two attached hydrogens (primary N) is 1. The van der Waals surface area contributed by atoms with E-state index < -0.39 is 5.82 Å². The third kappa shape index (κ3) is 2.30. The van der Waals surface area contributed by atoms with Gasteiger partial charge in [-0.3, -0.25) is 4.79 Å². The van der Waals surface area contributed by atoms with E-state index in [-0.39, 0.29) is 17.5 Å². The van der Waals surface area contributed by atoms with Gasteiger partial charge in [0.15, 0.2) is 0 Å². The first kappa shape index (κ1) is 10.9. The number of carbonyl (C=O) groups excluding carboxylic acids is 1. The Hall–Kier alpha value is -1.62. The zero-order valence-corrected chi connectivity index (χ0v) is 8.70. The second kappa shape index (κ2) is 4.49. The minimum Gasteiger partial charge on any atom is -0.397 e. The lowest BCUT2D eigenvalue weighted by atomic mass is 10.1. The maximum atomic E-state index is 12.8. The molecule has 1 saturated heterocycles. The van der Waals surface area contributed by atoms with Gasteiger partial charge in [0.25, 0.3) is 0 Å². The van der Waals surface area contributed by atoms with Gasteiger partial charge in [0.1, 0.15) is 5.82 Å². The first-order valence-corrected chi connectivity index (χ1v) is 5.10. The highest BCUT2D eigenvalue weighted by Crippen LogP contribution is 2.21. The zero-order valence-electron chi connectivity index (χ0n) is 8.70. The van der Waals surface area contributed by atoms with Gasteiger partial charge in [-0.2, -0.15) is 0 Å². The summed E-state index contributed by atoms with van der Waals surface area (Å²) in [5.74, 6) is -0.681. The number of amides is 1. The molecule has 0 spiro atoms. The monoisotopic (exact) mass is 224 g/mol. The lowest BCUT2D eigenvalue weighted by Gasteiger charge is -2.11. The molecule has 1 fully saturated rings. The molecule has 1 amide bonds. The van der Waals surface area contributed by atoms with E-state index in [0.717, 1.165) is 0 Å². The largest absolute Gasteiger partial charge is 0.397 e. The number of nitrogen functional groups attached to an aromatic ring is 1. The van der Waals surface area contributed by atoms with Crippen LogP contribution in [0.25, 0.3) is 0 Å². The molecule has 0 aromatic heterocycles. The number of halogens is 1. The Morgan fingerprint density at radius 3 is 3.00 bits per heavy atom. The quantitative estimate of drug-likeness (QED) is 0.746. The molecule has 1 aromatic carbocycles. The van der Waals surface area contributed by atoms with Crippen LogP contribution in [-0.4, -0.2) is 19.1 Å². The fourth-order valence-corrected chi connectivity index (χ4v) is 1.62. The van der Waals surface area contributed by atoms with Crippen molar-refractivity contribution in [3.05, 3.63) is 24.0 Å². The van der Waals surface area contributed by atoms with Crippen molar-refractivity contribution >= 4 is 17.3 Å².